The molecule has 3 heteroatoms. The summed E-state index contributed by atoms with van der Waals surface area (Å²) in [6.45, 7) is 0.677. The van der Waals surface area contributed by atoms with Gasteiger partial charge in [-0.15, -0.1) is 0 Å². The van der Waals surface area contributed by atoms with Crippen molar-refractivity contribution >= 4 is 17.3 Å². The molecule has 2 N–H and O–H groups in total. The molecule has 0 heterocycles. The topological polar surface area (TPSA) is 35.2 Å². The fourth-order valence-electron chi connectivity index (χ4n) is 1.72. The van der Waals surface area contributed by atoms with E-state index in [9.17, 15) is 0 Å². The fraction of sp³-hybridized carbons (Fsp3) is 0.200. The molecule has 0 amide bonds. The standard InChI is InChI=1S/C15H16ClNO/c16-14-9-8-13(11-15(14)17)18-10-4-7-12-5-2-1-3-6-12/h1-3,5-6,8-9,11H,4,7,10,17H2. The Labute approximate surface area is 112 Å². The zero-order valence-corrected chi connectivity index (χ0v) is 10.9. The van der Waals surface area contributed by atoms with Crippen LogP contribution in [-0.2, 0) is 6.42 Å². The Morgan fingerprint density at radius 1 is 1.06 bits per heavy atom. The minimum atomic E-state index is 0.553. The molecule has 0 aliphatic rings. The summed E-state index contributed by atoms with van der Waals surface area (Å²) in [7, 11) is 0. The summed E-state index contributed by atoms with van der Waals surface area (Å²) in [6, 6.07) is 15.7. The second kappa shape index (κ2) is 6.31. The molecule has 0 bridgehead atoms. The molecule has 2 nitrogen and oxygen atoms in total. The van der Waals surface area contributed by atoms with Gasteiger partial charge in [0.2, 0.25) is 0 Å². The van der Waals surface area contributed by atoms with Gasteiger partial charge in [-0.25, -0.2) is 0 Å². The minimum absolute atomic E-state index is 0.553. The monoisotopic (exact) mass is 261 g/mol. The highest BCUT2D eigenvalue weighted by atomic mass is 35.5. The summed E-state index contributed by atoms with van der Waals surface area (Å²) < 4.78 is 5.62. The Bertz CT molecular complexity index is 499. The van der Waals surface area contributed by atoms with Crippen molar-refractivity contribution in [3.05, 3.63) is 59.1 Å². The van der Waals surface area contributed by atoms with Gasteiger partial charge in [-0.3, -0.25) is 0 Å². The summed E-state index contributed by atoms with van der Waals surface area (Å²) in [6.07, 6.45) is 2.00. The molecular weight excluding hydrogens is 246 g/mol. The lowest BCUT2D eigenvalue weighted by atomic mass is 10.1. The van der Waals surface area contributed by atoms with Crippen LogP contribution in [0.3, 0.4) is 0 Å². The first-order valence-corrected chi connectivity index (χ1v) is 6.35. The van der Waals surface area contributed by atoms with E-state index in [-0.39, 0.29) is 0 Å². The van der Waals surface area contributed by atoms with Crippen molar-refractivity contribution in [2.45, 2.75) is 12.8 Å². The average molecular weight is 262 g/mol. The third-order valence-corrected chi connectivity index (χ3v) is 3.03. The highest BCUT2D eigenvalue weighted by Crippen LogP contribution is 2.23. The molecule has 0 aliphatic heterocycles. The van der Waals surface area contributed by atoms with Crippen molar-refractivity contribution in [2.75, 3.05) is 12.3 Å². The molecule has 2 rings (SSSR count). The molecule has 0 radical (unpaired) electrons. The van der Waals surface area contributed by atoms with Crippen LogP contribution in [0.4, 0.5) is 5.69 Å². The number of nitrogen functional groups attached to an aromatic ring is 1. The average Bonchev–Trinajstić information content (AvgIpc) is 2.40. The van der Waals surface area contributed by atoms with E-state index >= 15 is 0 Å². The Morgan fingerprint density at radius 2 is 1.83 bits per heavy atom. The van der Waals surface area contributed by atoms with Gasteiger partial charge in [-0.1, -0.05) is 41.9 Å². The first-order valence-electron chi connectivity index (χ1n) is 5.97. The highest BCUT2D eigenvalue weighted by Gasteiger charge is 1.99. The number of hydrogen-bond acceptors (Lipinski definition) is 2. The van der Waals surface area contributed by atoms with E-state index in [0.717, 1.165) is 18.6 Å². The minimum Gasteiger partial charge on any atom is -0.494 e. The van der Waals surface area contributed by atoms with E-state index in [2.05, 4.69) is 24.3 Å². The van der Waals surface area contributed by atoms with Gasteiger partial charge >= 0.3 is 0 Å². The zero-order valence-electron chi connectivity index (χ0n) is 10.1. The van der Waals surface area contributed by atoms with Crippen LogP contribution in [0.5, 0.6) is 5.75 Å². The predicted molar refractivity (Wildman–Crippen MR) is 76.1 cm³/mol. The van der Waals surface area contributed by atoms with Crippen molar-refractivity contribution in [1.29, 1.82) is 0 Å². The van der Waals surface area contributed by atoms with Crippen LogP contribution in [0.1, 0.15) is 12.0 Å². The van der Waals surface area contributed by atoms with Crippen LogP contribution in [0, 0.1) is 0 Å². The Kier molecular flexibility index (Phi) is 4.48. The second-order valence-corrected chi connectivity index (χ2v) is 4.53. The van der Waals surface area contributed by atoms with E-state index in [1.165, 1.54) is 5.56 Å². The number of ether oxygens (including phenoxy) is 1. The zero-order chi connectivity index (χ0) is 12.8. The molecule has 18 heavy (non-hydrogen) atoms. The van der Waals surface area contributed by atoms with Gasteiger partial charge in [-0.05, 0) is 30.5 Å². The molecule has 0 atom stereocenters. The van der Waals surface area contributed by atoms with Crippen molar-refractivity contribution < 1.29 is 4.74 Å². The fourth-order valence-corrected chi connectivity index (χ4v) is 1.84. The molecular formula is C15H16ClNO. The lowest BCUT2D eigenvalue weighted by Gasteiger charge is -2.07. The summed E-state index contributed by atoms with van der Waals surface area (Å²) in [5.74, 6) is 0.768. The van der Waals surface area contributed by atoms with Crippen LogP contribution in [0.15, 0.2) is 48.5 Å². The molecule has 0 aromatic heterocycles. The molecule has 0 unspecified atom stereocenters. The number of benzene rings is 2. The predicted octanol–water partition coefficient (Wildman–Crippen LogP) is 3.93. The summed E-state index contributed by atoms with van der Waals surface area (Å²) in [5.41, 5.74) is 7.59. The number of halogens is 1. The van der Waals surface area contributed by atoms with Crippen LogP contribution in [0.25, 0.3) is 0 Å². The summed E-state index contributed by atoms with van der Waals surface area (Å²) >= 11 is 5.84. The lowest BCUT2D eigenvalue weighted by Crippen LogP contribution is -2.00. The van der Waals surface area contributed by atoms with Crippen LogP contribution in [-0.4, -0.2) is 6.61 Å². The maximum absolute atomic E-state index is 5.84. The Hall–Kier alpha value is -1.67. The normalized spacial score (nSPS) is 10.3. The molecule has 0 fully saturated rings. The SMILES string of the molecule is Nc1cc(OCCCc2ccccc2)ccc1Cl. The molecule has 94 valence electrons. The van der Waals surface area contributed by atoms with Crippen molar-refractivity contribution in [3.8, 4) is 5.75 Å². The molecule has 0 saturated heterocycles. The molecule has 0 spiro atoms. The van der Waals surface area contributed by atoms with E-state index in [4.69, 9.17) is 22.1 Å². The first-order chi connectivity index (χ1) is 8.75. The largest absolute Gasteiger partial charge is 0.494 e. The smallest absolute Gasteiger partial charge is 0.121 e. The van der Waals surface area contributed by atoms with Gasteiger partial charge in [-0.2, -0.15) is 0 Å². The van der Waals surface area contributed by atoms with E-state index in [1.54, 1.807) is 12.1 Å². The Balaban J connectivity index is 1.77. The van der Waals surface area contributed by atoms with E-state index in [1.807, 2.05) is 12.1 Å². The second-order valence-electron chi connectivity index (χ2n) is 4.12. The van der Waals surface area contributed by atoms with Crippen LogP contribution >= 0.6 is 11.6 Å². The highest BCUT2D eigenvalue weighted by molar-refractivity contribution is 6.33. The molecule has 0 saturated carbocycles. The molecule has 2 aromatic rings. The van der Waals surface area contributed by atoms with Gasteiger partial charge in [0, 0.05) is 6.07 Å². The summed E-state index contributed by atoms with van der Waals surface area (Å²) in [4.78, 5) is 0. The number of rotatable bonds is 5. The van der Waals surface area contributed by atoms with Gasteiger partial charge in [0.1, 0.15) is 5.75 Å². The van der Waals surface area contributed by atoms with Crippen molar-refractivity contribution in [3.63, 3.8) is 0 Å². The third kappa shape index (κ3) is 3.67. The maximum Gasteiger partial charge on any atom is 0.121 e. The van der Waals surface area contributed by atoms with E-state index < -0.39 is 0 Å². The number of hydrogen-bond donors (Lipinski definition) is 1. The summed E-state index contributed by atoms with van der Waals surface area (Å²) in [5, 5.41) is 0.562. The van der Waals surface area contributed by atoms with Crippen molar-refractivity contribution in [2.24, 2.45) is 0 Å². The third-order valence-electron chi connectivity index (χ3n) is 2.69. The lowest BCUT2D eigenvalue weighted by molar-refractivity contribution is 0.311. The van der Waals surface area contributed by atoms with Crippen LogP contribution in [0.2, 0.25) is 5.02 Å². The van der Waals surface area contributed by atoms with Gasteiger partial charge in [0.05, 0.1) is 17.3 Å². The number of aryl methyl sites for hydroxylation is 1. The molecule has 2 aromatic carbocycles. The van der Waals surface area contributed by atoms with Crippen LogP contribution < -0.4 is 10.5 Å². The van der Waals surface area contributed by atoms with Gasteiger partial charge in [0.25, 0.3) is 0 Å². The quantitative estimate of drug-likeness (QED) is 0.654. The first kappa shape index (κ1) is 12.8. The number of anilines is 1. The van der Waals surface area contributed by atoms with Gasteiger partial charge < -0.3 is 10.5 Å². The van der Waals surface area contributed by atoms with E-state index in [0.29, 0.717) is 17.3 Å². The Morgan fingerprint density at radius 3 is 2.56 bits per heavy atom. The van der Waals surface area contributed by atoms with Crippen molar-refractivity contribution in [1.82, 2.24) is 0 Å². The number of nitrogens with two attached hydrogens (primary N) is 1. The molecule has 0 aliphatic carbocycles. The van der Waals surface area contributed by atoms with Gasteiger partial charge in [0.15, 0.2) is 0 Å². The maximum atomic E-state index is 5.84.